The molecular weight excluding hydrogens is 450 g/mol. The van der Waals surface area contributed by atoms with Crippen LogP contribution in [-0.4, -0.2) is 75.7 Å². The fraction of sp³-hybridized carbons (Fsp3) is 0.435. The Morgan fingerprint density at radius 2 is 1.73 bits per heavy atom. The quantitative estimate of drug-likeness (QED) is 0.227. The second-order valence-electron chi connectivity index (χ2n) is 8.09. The lowest BCUT2D eigenvalue weighted by Crippen LogP contribution is -2.47. The molecule has 2 atom stereocenters. The molecule has 0 bridgehead atoms. The van der Waals surface area contributed by atoms with Crippen molar-refractivity contribution >= 4 is 16.2 Å². The molecule has 2 aromatic rings. The Kier molecular flexibility index (Phi) is 8.09. The molecule has 0 aliphatic carbocycles. The highest BCUT2D eigenvalue weighted by molar-refractivity contribution is 7.91. The number of rotatable bonds is 11. The van der Waals surface area contributed by atoms with Crippen molar-refractivity contribution in [1.29, 1.82) is 0 Å². The highest BCUT2D eigenvalue weighted by Gasteiger charge is 2.41. The zero-order valence-corrected chi connectivity index (χ0v) is 19.7. The van der Waals surface area contributed by atoms with Gasteiger partial charge in [0.15, 0.2) is 15.6 Å². The summed E-state index contributed by atoms with van der Waals surface area (Å²) in [7, 11) is -2.23. The predicted molar refractivity (Wildman–Crippen MR) is 120 cm³/mol. The maximum absolute atomic E-state index is 13.0. The number of ether oxygens (including phenoxy) is 4. The minimum absolute atomic E-state index is 0.0577. The van der Waals surface area contributed by atoms with Crippen molar-refractivity contribution in [2.75, 3.05) is 32.7 Å². The van der Waals surface area contributed by atoms with Crippen molar-refractivity contribution in [3.63, 3.8) is 0 Å². The van der Waals surface area contributed by atoms with Gasteiger partial charge in [-0.2, -0.15) is 0 Å². The van der Waals surface area contributed by atoms with E-state index in [0.717, 1.165) is 11.1 Å². The van der Waals surface area contributed by atoms with Gasteiger partial charge in [-0.15, -0.1) is 0 Å². The van der Waals surface area contributed by atoms with E-state index in [1.165, 1.54) is 12.1 Å². The number of carbonyl (C=O) groups excluding carboxylic acids is 1. The minimum atomic E-state index is -3.84. The van der Waals surface area contributed by atoms with E-state index in [1.54, 1.807) is 33.1 Å². The molecule has 1 fully saturated rings. The molecule has 180 valence electrons. The van der Waals surface area contributed by atoms with Gasteiger partial charge in [-0.3, -0.25) is 10.0 Å². The van der Waals surface area contributed by atoms with Gasteiger partial charge in [-0.05, 0) is 49.2 Å². The van der Waals surface area contributed by atoms with Gasteiger partial charge in [0.2, 0.25) is 6.41 Å². The zero-order chi connectivity index (χ0) is 24.1. The fourth-order valence-electron chi connectivity index (χ4n) is 3.50. The molecule has 1 saturated heterocycles. The largest absolute Gasteiger partial charge is 0.491 e. The maximum Gasteiger partial charge on any atom is 0.233 e. The Balaban J connectivity index is 1.72. The first-order valence-electron chi connectivity index (χ1n) is 10.4. The van der Waals surface area contributed by atoms with Crippen molar-refractivity contribution in [2.45, 2.75) is 36.7 Å². The van der Waals surface area contributed by atoms with E-state index >= 15 is 0 Å². The number of sulfone groups is 1. The van der Waals surface area contributed by atoms with Gasteiger partial charge in [-0.1, -0.05) is 24.3 Å². The number of hydroxylamine groups is 2. The Bertz CT molecular complexity index is 1020. The van der Waals surface area contributed by atoms with Crippen LogP contribution in [0.1, 0.15) is 13.8 Å². The van der Waals surface area contributed by atoms with Crippen LogP contribution < -0.4 is 4.74 Å². The number of hydrogen-bond acceptors (Lipinski definition) is 8. The summed E-state index contributed by atoms with van der Waals surface area (Å²) < 4.78 is 47.7. The van der Waals surface area contributed by atoms with Gasteiger partial charge in [0.25, 0.3) is 0 Å². The molecule has 0 aromatic heterocycles. The van der Waals surface area contributed by atoms with Crippen LogP contribution in [0.15, 0.2) is 53.4 Å². The second kappa shape index (κ2) is 10.6. The molecule has 0 saturated carbocycles. The van der Waals surface area contributed by atoms with Crippen LogP contribution in [0, 0.1) is 0 Å². The SMILES string of the molecule is COCCOc1ccc(-c2ccc(S(=O)(=O)C[C@H]([C@H]3COC(C)(C)O3)N(O)C=O)cc2)cc1. The van der Waals surface area contributed by atoms with Gasteiger partial charge < -0.3 is 18.9 Å². The minimum Gasteiger partial charge on any atom is -0.491 e. The molecule has 2 aromatic carbocycles. The standard InChI is InChI=1S/C23H29NO8S/c1-23(2)31-14-22(32-23)21(24(26)16-25)15-33(27,28)20-10-6-18(7-11-20)17-4-8-19(9-5-17)30-13-12-29-3/h4-11,16,21-22,26H,12-15H2,1-3H3/t21-,22-/m1/s1. The van der Waals surface area contributed by atoms with Gasteiger partial charge in [0.05, 0.1) is 23.9 Å². The van der Waals surface area contributed by atoms with Crippen LogP contribution in [0.3, 0.4) is 0 Å². The maximum atomic E-state index is 13.0. The van der Waals surface area contributed by atoms with Crippen LogP contribution in [0.25, 0.3) is 11.1 Å². The summed E-state index contributed by atoms with van der Waals surface area (Å²) in [5, 5.41) is 10.3. The Morgan fingerprint density at radius 1 is 1.12 bits per heavy atom. The van der Waals surface area contributed by atoms with E-state index < -0.39 is 33.5 Å². The number of carbonyl (C=O) groups is 1. The Labute approximate surface area is 193 Å². The monoisotopic (exact) mass is 479 g/mol. The normalized spacial score (nSPS) is 18.6. The Morgan fingerprint density at radius 3 is 2.24 bits per heavy atom. The molecule has 0 radical (unpaired) electrons. The highest BCUT2D eigenvalue weighted by atomic mass is 32.2. The molecule has 1 aliphatic rings. The summed E-state index contributed by atoms with van der Waals surface area (Å²) in [5.41, 5.74) is 1.73. The van der Waals surface area contributed by atoms with Crippen molar-refractivity contribution in [3.8, 4) is 16.9 Å². The van der Waals surface area contributed by atoms with Crippen LogP contribution in [-0.2, 0) is 28.8 Å². The van der Waals surface area contributed by atoms with Crippen LogP contribution in [0.5, 0.6) is 5.75 Å². The smallest absolute Gasteiger partial charge is 0.233 e. The van der Waals surface area contributed by atoms with Crippen LogP contribution in [0.2, 0.25) is 0 Å². The van der Waals surface area contributed by atoms with Gasteiger partial charge >= 0.3 is 0 Å². The van der Waals surface area contributed by atoms with Crippen molar-refractivity contribution in [1.82, 2.24) is 5.06 Å². The second-order valence-corrected chi connectivity index (χ2v) is 10.1. The van der Waals surface area contributed by atoms with E-state index in [2.05, 4.69) is 0 Å². The third kappa shape index (κ3) is 6.52. The summed E-state index contributed by atoms with van der Waals surface area (Å²) in [6, 6.07) is 12.7. The summed E-state index contributed by atoms with van der Waals surface area (Å²) in [5.74, 6) is -0.729. The lowest BCUT2D eigenvalue weighted by Gasteiger charge is -2.27. The summed E-state index contributed by atoms with van der Waals surface area (Å²) in [4.78, 5) is 11.2. The van der Waals surface area contributed by atoms with Gasteiger partial charge in [0.1, 0.15) is 24.5 Å². The fourth-order valence-corrected chi connectivity index (χ4v) is 5.06. The number of benzene rings is 2. The van der Waals surface area contributed by atoms with E-state index in [9.17, 15) is 18.4 Å². The first kappa shape index (κ1) is 25.1. The average Bonchev–Trinajstić information content (AvgIpc) is 3.17. The molecule has 0 unspecified atom stereocenters. The van der Waals surface area contributed by atoms with Crippen molar-refractivity contribution in [2.24, 2.45) is 0 Å². The van der Waals surface area contributed by atoms with E-state index in [-0.39, 0.29) is 17.9 Å². The molecule has 9 nitrogen and oxygen atoms in total. The molecular formula is C23H29NO8S. The van der Waals surface area contributed by atoms with E-state index in [0.29, 0.717) is 24.0 Å². The summed E-state index contributed by atoms with van der Waals surface area (Å²) >= 11 is 0. The molecule has 3 rings (SSSR count). The van der Waals surface area contributed by atoms with Crippen LogP contribution in [0.4, 0.5) is 0 Å². The van der Waals surface area contributed by atoms with Gasteiger partial charge in [0, 0.05) is 7.11 Å². The lowest BCUT2D eigenvalue weighted by atomic mass is 10.1. The van der Waals surface area contributed by atoms with Crippen LogP contribution >= 0.6 is 0 Å². The highest BCUT2D eigenvalue weighted by Crippen LogP contribution is 2.28. The molecule has 1 aliphatic heterocycles. The van der Waals surface area contributed by atoms with Crippen molar-refractivity contribution in [3.05, 3.63) is 48.5 Å². The zero-order valence-electron chi connectivity index (χ0n) is 18.8. The molecule has 33 heavy (non-hydrogen) atoms. The molecule has 1 N–H and O–H groups in total. The molecule has 0 spiro atoms. The van der Waals surface area contributed by atoms with E-state index in [1.807, 2.05) is 24.3 Å². The average molecular weight is 480 g/mol. The first-order valence-corrected chi connectivity index (χ1v) is 12.1. The topological polar surface area (TPSA) is 112 Å². The van der Waals surface area contributed by atoms with Crippen molar-refractivity contribution < 1.29 is 37.4 Å². The number of hydrogen-bond donors (Lipinski definition) is 1. The molecule has 1 heterocycles. The summed E-state index contributed by atoms with van der Waals surface area (Å²) in [6.45, 7) is 4.37. The molecule has 10 heteroatoms. The number of methoxy groups -OCH3 is 1. The number of amides is 1. The predicted octanol–water partition coefficient (Wildman–Crippen LogP) is 2.52. The summed E-state index contributed by atoms with van der Waals surface area (Å²) in [6.07, 6.45) is -0.616. The third-order valence-corrected chi connectivity index (χ3v) is 7.03. The Hall–Kier alpha value is -2.50. The molecule has 1 amide bonds. The lowest BCUT2D eigenvalue weighted by molar-refractivity contribution is -0.182. The third-order valence-electron chi connectivity index (χ3n) is 5.25. The van der Waals surface area contributed by atoms with E-state index in [4.69, 9.17) is 18.9 Å². The first-order chi connectivity index (χ1) is 15.6. The van der Waals surface area contributed by atoms with Gasteiger partial charge in [-0.25, -0.2) is 13.5 Å². The number of nitrogens with zero attached hydrogens (tertiary/aromatic N) is 1.